The lowest BCUT2D eigenvalue weighted by Crippen LogP contribution is -2.19. The first-order valence-corrected chi connectivity index (χ1v) is 6.58. The minimum Gasteiger partial charge on any atom is -0.347 e. The van der Waals surface area contributed by atoms with E-state index in [4.69, 9.17) is 0 Å². The summed E-state index contributed by atoms with van der Waals surface area (Å²) in [7, 11) is 3.61. The predicted molar refractivity (Wildman–Crippen MR) is 80.1 cm³/mol. The molecule has 1 amide bonds. The van der Waals surface area contributed by atoms with Crippen molar-refractivity contribution in [2.45, 2.75) is 13.8 Å². The van der Waals surface area contributed by atoms with Crippen molar-refractivity contribution < 1.29 is 13.6 Å². The van der Waals surface area contributed by atoms with E-state index >= 15 is 0 Å². The van der Waals surface area contributed by atoms with Crippen LogP contribution in [0.1, 0.15) is 21.7 Å². The number of benzene rings is 1. The highest BCUT2D eigenvalue weighted by atomic mass is 19.1. The predicted octanol–water partition coefficient (Wildman–Crippen LogP) is 2.69. The zero-order valence-corrected chi connectivity index (χ0v) is 12.7. The first kappa shape index (κ1) is 15.8. The van der Waals surface area contributed by atoms with Crippen molar-refractivity contribution in [1.82, 2.24) is 9.97 Å². The summed E-state index contributed by atoms with van der Waals surface area (Å²) in [6.45, 7) is 3.44. The summed E-state index contributed by atoms with van der Waals surface area (Å²) in [5.74, 6) is -1.82. The number of aromatic nitrogens is 2. The Kier molecular flexibility index (Phi) is 4.35. The van der Waals surface area contributed by atoms with Gasteiger partial charge in [0.25, 0.3) is 5.91 Å². The molecule has 0 saturated carbocycles. The molecule has 1 aromatic heterocycles. The van der Waals surface area contributed by atoms with Crippen LogP contribution in [0.15, 0.2) is 18.2 Å². The summed E-state index contributed by atoms with van der Waals surface area (Å²) >= 11 is 0. The van der Waals surface area contributed by atoms with Gasteiger partial charge in [0.15, 0.2) is 0 Å². The van der Waals surface area contributed by atoms with Crippen molar-refractivity contribution in [3.8, 4) is 0 Å². The molecule has 0 atom stereocenters. The molecule has 0 fully saturated rings. The number of carbonyl (C=O) groups excluding carboxylic acids is 1. The van der Waals surface area contributed by atoms with Crippen molar-refractivity contribution >= 4 is 17.5 Å². The highest BCUT2D eigenvalue weighted by Gasteiger charge is 2.16. The maximum atomic E-state index is 13.6. The molecule has 2 aromatic rings. The molecule has 0 aliphatic heterocycles. The number of halogens is 2. The van der Waals surface area contributed by atoms with Crippen LogP contribution in [0.5, 0.6) is 0 Å². The number of anilines is 2. The topological polar surface area (TPSA) is 58.1 Å². The Morgan fingerprint density at radius 1 is 1.14 bits per heavy atom. The fourth-order valence-electron chi connectivity index (χ4n) is 1.93. The Morgan fingerprint density at radius 3 is 2.23 bits per heavy atom. The smallest absolute Gasteiger partial charge is 0.258 e. The average Bonchev–Trinajstić information content (AvgIpc) is 2.42. The molecule has 5 nitrogen and oxygen atoms in total. The standard InChI is InChI=1S/C15H16F2N4O/c1-8-13(9(2)19-15(18-8)21(3)4)20-14(22)11-6-5-10(16)7-12(11)17/h5-7H,1-4H3,(H,20,22). The van der Waals surface area contributed by atoms with Gasteiger partial charge in [-0.05, 0) is 26.0 Å². The molecular weight excluding hydrogens is 290 g/mol. The summed E-state index contributed by atoms with van der Waals surface area (Å²) in [6, 6.07) is 2.79. The number of aryl methyl sites for hydroxylation is 2. The maximum absolute atomic E-state index is 13.6. The third-order valence-corrected chi connectivity index (χ3v) is 3.07. The first-order valence-electron chi connectivity index (χ1n) is 6.58. The van der Waals surface area contributed by atoms with Gasteiger partial charge >= 0.3 is 0 Å². The van der Waals surface area contributed by atoms with Gasteiger partial charge in [-0.25, -0.2) is 18.7 Å². The lowest BCUT2D eigenvalue weighted by atomic mass is 10.2. The lowest BCUT2D eigenvalue weighted by Gasteiger charge is -2.15. The van der Waals surface area contributed by atoms with Gasteiger partial charge in [0.05, 0.1) is 22.6 Å². The molecule has 0 aliphatic carbocycles. The van der Waals surface area contributed by atoms with E-state index in [0.29, 0.717) is 29.1 Å². The van der Waals surface area contributed by atoms with Crippen LogP contribution in [0.25, 0.3) is 0 Å². The van der Waals surface area contributed by atoms with Crippen LogP contribution in [0.3, 0.4) is 0 Å². The van der Waals surface area contributed by atoms with Gasteiger partial charge in [0.2, 0.25) is 5.95 Å². The number of carbonyl (C=O) groups is 1. The summed E-state index contributed by atoms with van der Waals surface area (Å²) in [6.07, 6.45) is 0. The van der Waals surface area contributed by atoms with Crippen LogP contribution >= 0.6 is 0 Å². The van der Waals surface area contributed by atoms with Gasteiger partial charge in [0.1, 0.15) is 11.6 Å². The molecule has 2 rings (SSSR count). The van der Waals surface area contributed by atoms with Crippen molar-refractivity contribution in [2.75, 3.05) is 24.3 Å². The van der Waals surface area contributed by atoms with Crippen LogP contribution in [0.2, 0.25) is 0 Å². The second-order valence-electron chi connectivity index (χ2n) is 5.04. The average molecular weight is 306 g/mol. The Balaban J connectivity index is 2.32. The molecule has 7 heteroatoms. The first-order chi connectivity index (χ1) is 10.3. The molecule has 1 N–H and O–H groups in total. The van der Waals surface area contributed by atoms with E-state index in [1.807, 2.05) is 0 Å². The molecule has 1 aromatic carbocycles. The van der Waals surface area contributed by atoms with Gasteiger partial charge in [0, 0.05) is 20.2 Å². The minimum atomic E-state index is -0.918. The molecule has 0 radical (unpaired) electrons. The number of hydrogen-bond acceptors (Lipinski definition) is 4. The van der Waals surface area contributed by atoms with Crippen molar-refractivity contribution in [2.24, 2.45) is 0 Å². The molecule has 0 unspecified atom stereocenters. The fourth-order valence-corrected chi connectivity index (χ4v) is 1.93. The summed E-state index contributed by atoms with van der Waals surface area (Å²) in [5.41, 5.74) is 1.30. The van der Waals surface area contributed by atoms with Crippen LogP contribution in [0, 0.1) is 25.5 Å². The number of hydrogen-bond donors (Lipinski definition) is 1. The SMILES string of the molecule is Cc1nc(N(C)C)nc(C)c1NC(=O)c1ccc(F)cc1F. The summed E-state index contributed by atoms with van der Waals surface area (Å²) in [4.78, 5) is 22.4. The lowest BCUT2D eigenvalue weighted by molar-refractivity contribution is 0.102. The number of amides is 1. The molecule has 1 heterocycles. The van der Waals surface area contributed by atoms with E-state index in [1.165, 1.54) is 0 Å². The molecule has 116 valence electrons. The Labute approximate surface area is 127 Å². The zero-order chi connectivity index (χ0) is 16.4. The van der Waals surface area contributed by atoms with Crippen LogP contribution in [-0.2, 0) is 0 Å². The van der Waals surface area contributed by atoms with Crippen molar-refractivity contribution in [3.63, 3.8) is 0 Å². The van der Waals surface area contributed by atoms with Gasteiger partial charge in [-0.1, -0.05) is 0 Å². The minimum absolute atomic E-state index is 0.239. The second kappa shape index (κ2) is 6.05. The van der Waals surface area contributed by atoms with Crippen molar-refractivity contribution in [1.29, 1.82) is 0 Å². The number of nitrogens with zero attached hydrogens (tertiary/aromatic N) is 3. The number of nitrogens with one attached hydrogen (secondary N) is 1. The van der Waals surface area contributed by atoms with Gasteiger partial charge in [-0.2, -0.15) is 0 Å². The van der Waals surface area contributed by atoms with E-state index in [9.17, 15) is 13.6 Å². The third-order valence-electron chi connectivity index (χ3n) is 3.07. The van der Waals surface area contributed by atoms with E-state index < -0.39 is 17.5 Å². The Hall–Kier alpha value is -2.57. The molecule has 0 spiro atoms. The van der Waals surface area contributed by atoms with Gasteiger partial charge < -0.3 is 10.2 Å². The molecule has 0 aliphatic rings. The van der Waals surface area contributed by atoms with Crippen molar-refractivity contribution in [3.05, 3.63) is 46.8 Å². The third kappa shape index (κ3) is 3.19. The Morgan fingerprint density at radius 2 is 1.73 bits per heavy atom. The summed E-state index contributed by atoms with van der Waals surface area (Å²) < 4.78 is 26.5. The molecule has 0 saturated heterocycles. The second-order valence-corrected chi connectivity index (χ2v) is 5.04. The van der Waals surface area contributed by atoms with Gasteiger partial charge in [-0.15, -0.1) is 0 Å². The van der Waals surface area contributed by atoms with Gasteiger partial charge in [-0.3, -0.25) is 4.79 Å². The zero-order valence-electron chi connectivity index (χ0n) is 12.7. The monoisotopic (exact) mass is 306 g/mol. The molecule has 0 bridgehead atoms. The van der Waals surface area contributed by atoms with Crippen LogP contribution in [0.4, 0.5) is 20.4 Å². The molecular formula is C15H16F2N4O. The quantitative estimate of drug-likeness (QED) is 0.947. The highest BCUT2D eigenvalue weighted by molar-refractivity contribution is 6.05. The fraction of sp³-hybridized carbons (Fsp3) is 0.267. The maximum Gasteiger partial charge on any atom is 0.258 e. The van der Waals surface area contributed by atoms with Crippen LogP contribution < -0.4 is 10.2 Å². The molecule has 22 heavy (non-hydrogen) atoms. The number of rotatable bonds is 3. The van der Waals surface area contributed by atoms with Crippen LogP contribution in [-0.4, -0.2) is 30.0 Å². The highest BCUT2D eigenvalue weighted by Crippen LogP contribution is 2.21. The van der Waals surface area contributed by atoms with E-state index in [1.54, 1.807) is 32.8 Å². The normalized spacial score (nSPS) is 10.5. The van der Waals surface area contributed by atoms with E-state index in [0.717, 1.165) is 12.1 Å². The van der Waals surface area contributed by atoms with E-state index in [2.05, 4.69) is 15.3 Å². The van der Waals surface area contributed by atoms with E-state index in [-0.39, 0.29) is 5.56 Å². The Bertz CT molecular complexity index is 708. The largest absolute Gasteiger partial charge is 0.347 e. The summed E-state index contributed by atoms with van der Waals surface area (Å²) in [5, 5.41) is 2.58.